The molecule has 0 aliphatic rings. The van der Waals surface area contributed by atoms with Crippen molar-refractivity contribution in [3.05, 3.63) is 61.4 Å². The number of nitrogens with one attached hydrogen (secondary N) is 2. The topological polar surface area (TPSA) is 152 Å². The first kappa shape index (κ1) is 24.0. The Morgan fingerprint density at radius 1 is 1.26 bits per heavy atom. The third-order valence-electron chi connectivity index (χ3n) is 4.19. The first-order chi connectivity index (χ1) is 14.5. The minimum absolute atomic E-state index is 0.0490. The number of carbonyl (C=O) groups excluding carboxylic acids is 3. The number of hydrogen-bond donors (Lipinski definition) is 3. The Bertz CT molecular complexity index is 1060. The monoisotopic (exact) mass is 468 g/mol. The van der Waals surface area contributed by atoms with Crippen molar-refractivity contribution in [2.45, 2.75) is 26.3 Å². The molecule has 2 rings (SSSR count). The summed E-state index contributed by atoms with van der Waals surface area (Å²) < 4.78 is 0. The van der Waals surface area contributed by atoms with Crippen LogP contribution < -0.4 is 10.6 Å². The summed E-state index contributed by atoms with van der Waals surface area (Å²) in [6, 6.07) is 2.79. The maximum atomic E-state index is 12.3. The zero-order valence-electron chi connectivity index (χ0n) is 16.4. The number of Topliss-reactive ketones (excluding diaryl/α,β-unsaturated/α-hetero) is 1. The molecule has 0 unspecified atom stereocenters. The van der Waals surface area contributed by atoms with Gasteiger partial charge in [-0.2, -0.15) is 0 Å². The van der Waals surface area contributed by atoms with Gasteiger partial charge < -0.3 is 15.7 Å². The number of aryl methyl sites for hydroxylation is 1. The predicted molar refractivity (Wildman–Crippen MR) is 112 cm³/mol. The molecule has 0 aliphatic heterocycles. The lowest BCUT2D eigenvalue weighted by Gasteiger charge is -2.20. The van der Waals surface area contributed by atoms with E-state index < -0.39 is 29.3 Å². The van der Waals surface area contributed by atoms with Gasteiger partial charge in [0.2, 0.25) is 5.91 Å². The molecule has 0 saturated carbocycles. The molecule has 0 radical (unpaired) electrons. The van der Waals surface area contributed by atoms with Crippen molar-refractivity contribution < 1.29 is 24.4 Å². The first-order valence-electron chi connectivity index (χ1n) is 8.85. The fraction of sp³-hybridized carbons (Fsp3) is 0.263. The van der Waals surface area contributed by atoms with Gasteiger partial charge in [0.15, 0.2) is 0 Å². The third kappa shape index (κ3) is 6.37. The van der Waals surface area contributed by atoms with Crippen LogP contribution in [0, 0.1) is 17.0 Å². The lowest BCUT2D eigenvalue weighted by Crippen LogP contribution is -2.39. The molecule has 1 aromatic carbocycles. The van der Waals surface area contributed by atoms with E-state index >= 15 is 0 Å². The lowest BCUT2D eigenvalue weighted by molar-refractivity contribution is -0.385. The predicted octanol–water partition coefficient (Wildman–Crippen LogP) is 2.88. The van der Waals surface area contributed by atoms with Gasteiger partial charge in [0.1, 0.15) is 17.2 Å². The molecule has 3 N–H and O–H groups in total. The van der Waals surface area contributed by atoms with Crippen LogP contribution >= 0.6 is 23.2 Å². The number of nitro groups is 1. The maximum Gasteiger partial charge on any atom is 0.291 e. The van der Waals surface area contributed by atoms with Crippen LogP contribution in [0.15, 0.2) is 24.4 Å². The van der Waals surface area contributed by atoms with E-state index in [9.17, 15) is 29.6 Å². The van der Waals surface area contributed by atoms with Gasteiger partial charge in [-0.25, -0.2) is 0 Å². The number of halogens is 2. The fourth-order valence-corrected chi connectivity index (χ4v) is 3.23. The summed E-state index contributed by atoms with van der Waals surface area (Å²) in [6.45, 7) is 2.24. The number of phenols is 1. The summed E-state index contributed by atoms with van der Waals surface area (Å²) in [5.74, 6) is -2.03. The molecule has 0 fully saturated rings. The number of aromatic hydroxyl groups is 1. The number of rotatable bonds is 8. The first-order valence-corrected chi connectivity index (χ1v) is 9.61. The third-order valence-corrected chi connectivity index (χ3v) is 4.69. The SMILES string of the molecule is CC(=O)C[C@H](NC(=O)CNC(=O)c1cnc(C)c([N+](=O)[O-])c1)c1cc(Cl)cc(Cl)c1O. The summed E-state index contributed by atoms with van der Waals surface area (Å²) in [5.41, 5.74) is -0.131. The Morgan fingerprint density at radius 2 is 1.94 bits per heavy atom. The minimum Gasteiger partial charge on any atom is -0.506 e. The van der Waals surface area contributed by atoms with Gasteiger partial charge in [-0.1, -0.05) is 23.2 Å². The molecule has 0 bridgehead atoms. The highest BCUT2D eigenvalue weighted by atomic mass is 35.5. The standard InChI is InChI=1S/C19H18Cl2N4O6/c1-9(26)3-15(13-5-12(20)6-14(21)18(13)28)24-17(27)8-23-19(29)11-4-16(25(30)31)10(2)22-7-11/h4-7,15,28H,3,8H2,1-2H3,(H,23,29)(H,24,27)/t15-/m0/s1. The van der Waals surface area contributed by atoms with Crippen LogP contribution in [0.1, 0.15) is 41.0 Å². The van der Waals surface area contributed by atoms with Crippen LogP contribution in [-0.2, 0) is 9.59 Å². The molecule has 1 atom stereocenters. The summed E-state index contributed by atoms with van der Waals surface area (Å²) in [5, 5.41) is 26.2. The highest BCUT2D eigenvalue weighted by Crippen LogP contribution is 2.36. The van der Waals surface area contributed by atoms with E-state index in [0.717, 1.165) is 12.3 Å². The molecule has 0 saturated heterocycles. The second-order valence-corrected chi connectivity index (χ2v) is 7.46. The smallest absolute Gasteiger partial charge is 0.291 e. The molecule has 12 heteroatoms. The van der Waals surface area contributed by atoms with Crippen LogP contribution in [0.2, 0.25) is 10.0 Å². The maximum absolute atomic E-state index is 12.3. The van der Waals surface area contributed by atoms with Crippen molar-refractivity contribution in [1.82, 2.24) is 15.6 Å². The molecule has 10 nitrogen and oxygen atoms in total. The van der Waals surface area contributed by atoms with E-state index in [1.807, 2.05) is 0 Å². The van der Waals surface area contributed by atoms with E-state index in [-0.39, 0.29) is 50.5 Å². The molecule has 0 spiro atoms. The Balaban J connectivity index is 2.12. The van der Waals surface area contributed by atoms with Crippen LogP contribution in [0.3, 0.4) is 0 Å². The average molecular weight is 469 g/mol. The van der Waals surface area contributed by atoms with Crippen molar-refractivity contribution in [2.24, 2.45) is 0 Å². The van der Waals surface area contributed by atoms with Crippen molar-refractivity contribution in [1.29, 1.82) is 0 Å². The number of benzene rings is 1. The van der Waals surface area contributed by atoms with Gasteiger partial charge in [0, 0.05) is 29.3 Å². The normalized spacial score (nSPS) is 11.5. The van der Waals surface area contributed by atoms with Gasteiger partial charge in [0.25, 0.3) is 11.6 Å². The Labute approximate surface area is 186 Å². The highest BCUT2D eigenvalue weighted by Gasteiger charge is 2.23. The van der Waals surface area contributed by atoms with E-state index in [2.05, 4.69) is 15.6 Å². The quantitative estimate of drug-likeness (QED) is 0.397. The van der Waals surface area contributed by atoms with Crippen LogP contribution in [0.5, 0.6) is 5.75 Å². The average Bonchev–Trinajstić information content (AvgIpc) is 2.68. The summed E-state index contributed by atoms with van der Waals surface area (Å²) in [7, 11) is 0. The van der Waals surface area contributed by atoms with Crippen molar-refractivity contribution in [3.63, 3.8) is 0 Å². The number of pyridine rings is 1. The van der Waals surface area contributed by atoms with Crippen LogP contribution in [-0.4, -0.2) is 39.2 Å². The van der Waals surface area contributed by atoms with Gasteiger partial charge in [-0.15, -0.1) is 0 Å². The summed E-state index contributed by atoms with van der Waals surface area (Å²) >= 11 is 11.9. The molecule has 164 valence electrons. The molecule has 1 aromatic heterocycles. The molecule has 1 heterocycles. The highest BCUT2D eigenvalue weighted by molar-refractivity contribution is 6.35. The molecular formula is C19H18Cl2N4O6. The Kier molecular flexibility index (Phi) is 7.89. The summed E-state index contributed by atoms with van der Waals surface area (Å²) in [6.07, 6.45) is 0.998. The molecular weight excluding hydrogens is 451 g/mol. The second kappa shape index (κ2) is 10.2. The lowest BCUT2D eigenvalue weighted by atomic mass is 10.0. The van der Waals surface area contributed by atoms with E-state index in [0.29, 0.717) is 0 Å². The van der Waals surface area contributed by atoms with Crippen molar-refractivity contribution in [3.8, 4) is 5.75 Å². The van der Waals surface area contributed by atoms with Crippen LogP contribution in [0.25, 0.3) is 0 Å². The zero-order valence-corrected chi connectivity index (χ0v) is 18.0. The number of nitrogens with zero attached hydrogens (tertiary/aromatic N) is 2. The van der Waals surface area contributed by atoms with Gasteiger partial charge in [0.05, 0.1) is 28.1 Å². The van der Waals surface area contributed by atoms with Crippen molar-refractivity contribution >= 4 is 46.5 Å². The number of carbonyl (C=O) groups is 3. The Morgan fingerprint density at radius 3 is 2.55 bits per heavy atom. The number of ketones is 1. The number of phenolic OH excluding ortho intramolecular Hbond substituents is 1. The molecule has 31 heavy (non-hydrogen) atoms. The minimum atomic E-state index is -0.944. The van der Waals surface area contributed by atoms with Crippen molar-refractivity contribution in [2.75, 3.05) is 6.54 Å². The molecule has 2 aromatic rings. The summed E-state index contributed by atoms with van der Waals surface area (Å²) in [4.78, 5) is 50.3. The second-order valence-electron chi connectivity index (χ2n) is 6.62. The molecule has 0 aliphatic carbocycles. The number of aromatic nitrogens is 1. The fourth-order valence-electron chi connectivity index (χ4n) is 2.72. The van der Waals surface area contributed by atoms with E-state index in [1.54, 1.807) is 0 Å². The molecule has 2 amide bonds. The Hall–Kier alpha value is -3.24. The van der Waals surface area contributed by atoms with Gasteiger partial charge in [-0.3, -0.25) is 29.5 Å². The largest absolute Gasteiger partial charge is 0.506 e. The van der Waals surface area contributed by atoms with Gasteiger partial charge in [-0.05, 0) is 26.0 Å². The van der Waals surface area contributed by atoms with Gasteiger partial charge >= 0.3 is 0 Å². The van der Waals surface area contributed by atoms with Crippen LogP contribution in [0.4, 0.5) is 5.69 Å². The van der Waals surface area contributed by atoms with E-state index in [1.165, 1.54) is 26.0 Å². The zero-order chi connectivity index (χ0) is 23.3. The number of hydrogen-bond acceptors (Lipinski definition) is 7. The number of amides is 2. The van der Waals surface area contributed by atoms with E-state index in [4.69, 9.17) is 23.2 Å².